The zero-order valence-electron chi connectivity index (χ0n) is 18.7. The monoisotopic (exact) mass is 459 g/mol. The van der Waals surface area contributed by atoms with Crippen LogP contribution < -0.4 is 0 Å². The second-order valence-corrected chi connectivity index (χ2v) is 9.43. The standard InChI is InChI=1S/C25H25N5O2S/c1-17-8-10-20(11-9-17)24-27-21(32-28-24)16-29-12-14-30(15-13-29)25(31)23-22(26-18(2)33-23)19-6-4-3-5-7-19/h3-11H,12-16H2,1-2H3. The molecule has 3 heterocycles. The highest BCUT2D eigenvalue weighted by Gasteiger charge is 2.27. The van der Waals surface area contributed by atoms with Crippen molar-refractivity contribution in [3.8, 4) is 22.6 Å². The summed E-state index contributed by atoms with van der Waals surface area (Å²) in [7, 11) is 0. The minimum atomic E-state index is 0.0542. The van der Waals surface area contributed by atoms with Crippen molar-refractivity contribution in [1.82, 2.24) is 24.9 Å². The van der Waals surface area contributed by atoms with Crippen LogP contribution in [0.15, 0.2) is 59.1 Å². The summed E-state index contributed by atoms with van der Waals surface area (Å²) in [5.74, 6) is 1.25. The topological polar surface area (TPSA) is 75.4 Å². The number of thiazole rings is 1. The molecule has 0 saturated carbocycles. The van der Waals surface area contributed by atoms with Crippen LogP contribution in [-0.2, 0) is 6.54 Å². The molecule has 5 rings (SSSR count). The lowest BCUT2D eigenvalue weighted by Crippen LogP contribution is -2.48. The fourth-order valence-electron chi connectivity index (χ4n) is 3.95. The third-order valence-electron chi connectivity index (χ3n) is 5.77. The highest BCUT2D eigenvalue weighted by atomic mass is 32.1. The van der Waals surface area contributed by atoms with Gasteiger partial charge in [-0.25, -0.2) is 4.98 Å². The molecular weight excluding hydrogens is 434 g/mol. The fourth-order valence-corrected chi connectivity index (χ4v) is 4.86. The molecule has 1 aliphatic heterocycles. The van der Waals surface area contributed by atoms with Crippen molar-refractivity contribution in [1.29, 1.82) is 0 Å². The number of aryl methyl sites for hydroxylation is 2. The summed E-state index contributed by atoms with van der Waals surface area (Å²) in [4.78, 5) is 27.3. The molecule has 1 aliphatic rings. The normalized spacial score (nSPS) is 14.5. The Morgan fingerprint density at radius 1 is 0.939 bits per heavy atom. The highest BCUT2D eigenvalue weighted by Crippen LogP contribution is 2.29. The van der Waals surface area contributed by atoms with Gasteiger partial charge in [-0.05, 0) is 13.8 Å². The van der Waals surface area contributed by atoms with Gasteiger partial charge in [-0.2, -0.15) is 4.98 Å². The van der Waals surface area contributed by atoms with Crippen molar-refractivity contribution in [2.75, 3.05) is 26.2 Å². The van der Waals surface area contributed by atoms with Crippen LogP contribution in [0.5, 0.6) is 0 Å². The SMILES string of the molecule is Cc1ccc(-c2noc(CN3CCN(C(=O)c4sc(C)nc4-c4ccccc4)CC3)n2)cc1. The third kappa shape index (κ3) is 4.72. The van der Waals surface area contributed by atoms with Crippen LogP contribution in [0, 0.1) is 13.8 Å². The Morgan fingerprint density at radius 3 is 2.39 bits per heavy atom. The van der Waals surface area contributed by atoms with E-state index in [9.17, 15) is 4.79 Å². The number of benzene rings is 2. The largest absolute Gasteiger partial charge is 0.338 e. The van der Waals surface area contributed by atoms with Gasteiger partial charge in [-0.3, -0.25) is 9.69 Å². The predicted molar refractivity (Wildman–Crippen MR) is 128 cm³/mol. The molecule has 0 N–H and O–H groups in total. The first kappa shape index (κ1) is 21.5. The molecule has 7 nitrogen and oxygen atoms in total. The van der Waals surface area contributed by atoms with E-state index < -0.39 is 0 Å². The smallest absolute Gasteiger partial charge is 0.266 e. The van der Waals surface area contributed by atoms with Gasteiger partial charge in [0.1, 0.15) is 4.88 Å². The van der Waals surface area contributed by atoms with Gasteiger partial charge in [0.25, 0.3) is 5.91 Å². The summed E-state index contributed by atoms with van der Waals surface area (Å²) in [5, 5.41) is 5.02. The van der Waals surface area contributed by atoms with Crippen LogP contribution in [0.25, 0.3) is 22.6 Å². The van der Waals surface area contributed by atoms with Gasteiger partial charge in [-0.1, -0.05) is 65.3 Å². The quantitative estimate of drug-likeness (QED) is 0.439. The van der Waals surface area contributed by atoms with Crippen LogP contribution in [-0.4, -0.2) is 57.0 Å². The van der Waals surface area contributed by atoms with E-state index in [0.29, 0.717) is 36.2 Å². The van der Waals surface area contributed by atoms with E-state index in [4.69, 9.17) is 4.52 Å². The number of carbonyl (C=O) groups is 1. The molecule has 168 valence electrons. The number of rotatable bonds is 5. The van der Waals surface area contributed by atoms with Crippen LogP contribution in [0.4, 0.5) is 0 Å². The Kier molecular flexibility index (Phi) is 6.02. The molecule has 2 aromatic heterocycles. The number of piperazine rings is 1. The van der Waals surface area contributed by atoms with Gasteiger partial charge in [-0.15, -0.1) is 11.3 Å². The van der Waals surface area contributed by atoms with Gasteiger partial charge in [0.2, 0.25) is 11.7 Å². The van der Waals surface area contributed by atoms with Gasteiger partial charge in [0.15, 0.2) is 0 Å². The van der Waals surface area contributed by atoms with Crippen molar-refractivity contribution in [3.63, 3.8) is 0 Å². The fraction of sp³-hybridized carbons (Fsp3) is 0.280. The Labute approximate surface area is 196 Å². The Balaban J connectivity index is 1.22. The van der Waals surface area contributed by atoms with E-state index in [0.717, 1.165) is 34.9 Å². The Hall–Kier alpha value is -3.36. The highest BCUT2D eigenvalue weighted by molar-refractivity contribution is 7.14. The summed E-state index contributed by atoms with van der Waals surface area (Å²) in [6.45, 7) is 7.40. The Bertz CT molecular complexity index is 1240. The number of nitrogens with zero attached hydrogens (tertiary/aromatic N) is 5. The van der Waals surface area contributed by atoms with Gasteiger partial charge < -0.3 is 9.42 Å². The van der Waals surface area contributed by atoms with Crippen molar-refractivity contribution in [2.45, 2.75) is 20.4 Å². The van der Waals surface area contributed by atoms with E-state index in [1.165, 1.54) is 16.9 Å². The minimum Gasteiger partial charge on any atom is -0.338 e. The van der Waals surface area contributed by atoms with Crippen LogP contribution in [0.1, 0.15) is 26.1 Å². The second kappa shape index (κ2) is 9.25. The number of carbonyl (C=O) groups excluding carboxylic acids is 1. The molecule has 1 amide bonds. The molecule has 0 bridgehead atoms. The summed E-state index contributed by atoms with van der Waals surface area (Å²) < 4.78 is 5.47. The molecule has 1 fully saturated rings. The molecule has 0 spiro atoms. The average molecular weight is 460 g/mol. The Morgan fingerprint density at radius 2 is 1.67 bits per heavy atom. The van der Waals surface area contributed by atoms with E-state index in [2.05, 4.69) is 26.9 Å². The molecular formula is C25H25N5O2S. The maximum Gasteiger partial charge on any atom is 0.266 e. The van der Waals surface area contributed by atoms with E-state index in [-0.39, 0.29) is 5.91 Å². The minimum absolute atomic E-state index is 0.0542. The molecule has 0 atom stereocenters. The van der Waals surface area contributed by atoms with Gasteiger partial charge in [0.05, 0.1) is 17.2 Å². The maximum atomic E-state index is 13.3. The lowest BCUT2D eigenvalue weighted by atomic mass is 10.1. The maximum absolute atomic E-state index is 13.3. The molecule has 4 aromatic rings. The molecule has 0 unspecified atom stereocenters. The van der Waals surface area contributed by atoms with Crippen LogP contribution in [0.2, 0.25) is 0 Å². The molecule has 0 radical (unpaired) electrons. The average Bonchev–Trinajstić information content (AvgIpc) is 3.47. The zero-order chi connectivity index (χ0) is 22.8. The predicted octanol–water partition coefficient (Wildman–Crippen LogP) is 4.43. The number of aromatic nitrogens is 3. The summed E-state index contributed by atoms with van der Waals surface area (Å²) in [6, 6.07) is 18.0. The molecule has 0 aliphatic carbocycles. The van der Waals surface area contributed by atoms with Crippen molar-refractivity contribution in [3.05, 3.63) is 75.9 Å². The van der Waals surface area contributed by atoms with Crippen molar-refractivity contribution in [2.24, 2.45) is 0 Å². The van der Waals surface area contributed by atoms with E-state index in [1.807, 2.05) is 66.4 Å². The first-order valence-electron chi connectivity index (χ1n) is 11.0. The molecule has 1 saturated heterocycles. The lowest BCUT2D eigenvalue weighted by Gasteiger charge is -2.33. The van der Waals surface area contributed by atoms with E-state index in [1.54, 1.807) is 0 Å². The molecule has 33 heavy (non-hydrogen) atoms. The summed E-state index contributed by atoms with van der Waals surface area (Å²) in [6.07, 6.45) is 0. The zero-order valence-corrected chi connectivity index (χ0v) is 19.5. The van der Waals surface area contributed by atoms with Crippen LogP contribution >= 0.6 is 11.3 Å². The van der Waals surface area contributed by atoms with E-state index >= 15 is 0 Å². The first-order chi connectivity index (χ1) is 16.1. The molecule has 8 heteroatoms. The lowest BCUT2D eigenvalue weighted by molar-refractivity contribution is 0.0620. The van der Waals surface area contributed by atoms with Crippen molar-refractivity contribution < 1.29 is 9.32 Å². The second-order valence-electron chi connectivity index (χ2n) is 8.22. The molecule has 2 aromatic carbocycles. The first-order valence-corrected chi connectivity index (χ1v) is 11.8. The number of hydrogen-bond acceptors (Lipinski definition) is 7. The summed E-state index contributed by atoms with van der Waals surface area (Å²) >= 11 is 1.47. The van der Waals surface area contributed by atoms with Gasteiger partial charge in [0, 0.05) is 37.3 Å². The van der Waals surface area contributed by atoms with Gasteiger partial charge >= 0.3 is 0 Å². The number of amides is 1. The number of hydrogen-bond donors (Lipinski definition) is 0. The van der Waals surface area contributed by atoms with Crippen LogP contribution in [0.3, 0.4) is 0 Å². The third-order valence-corrected chi connectivity index (χ3v) is 6.73. The summed E-state index contributed by atoms with van der Waals surface area (Å²) in [5.41, 5.74) is 3.89. The van der Waals surface area contributed by atoms with Crippen molar-refractivity contribution >= 4 is 17.2 Å².